The van der Waals surface area contributed by atoms with Crippen molar-refractivity contribution in [2.45, 2.75) is 6.42 Å². The fourth-order valence-electron chi connectivity index (χ4n) is 0.988. The number of halogens is 2. The third-order valence-corrected chi connectivity index (χ3v) is 2.40. The number of nitrogens with one attached hydrogen (secondary N) is 2. The van der Waals surface area contributed by atoms with Crippen LogP contribution in [0.25, 0.3) is 0 Å². The van der Waals surface area contributed by atoms with Crippen LogP contribution in [0.2, 0.25) is 5.02 Å². The second kappa shape index (κ2) is 6.09. The molecule has 1 aromatic rings. The van der Waals surface area contributed by atoms with E-state index in [9.17, 15) is 0 Å². The first-order valence-corrected chi connectivity index (χ1v) is 5.61. The lowest BCUT2D eigenvalue weighted by atomic mass is 10.4. The normalized spacial score (nSPS) is 10.1. The van der Waals surface area contributed by atoms with Crippen molar-refractivity contribution in [1.29, 1.82) is 0 Å². The Morgan fingerprint density at radius 2 is 2.07 bits per heavy atom. The summed E-state index contributed by atoms with van der Waals surface area (Å²) in [6.45, 7) is 0.749. The van der Waals surface area contributed by atoms with Crippen LogP contribution in [0.3, 0.4) is 0 Å². The second-order valence-electron chi connectivity index (χ2n) is 2.76. The van der Waals surface area contributed by atoms with E-state index in [1.807, 2.05) is 0 Å². The molecule has 0 saturated heterocycles. The third-order valence-electron chi connectivity index (χ3n) is 1.69. The minimum absolute atomic E-state index is 0.135. The Morgan fingerprint density at radius 3 is 2.67 bits per heavy atom. The average molecular weight is 296 g/mol. The Morgan fingerprint density at radius 1 is 1.40 bits per heavy atom. The van der Waals surface area contributed by atoms with Crippen molar-refractivity contribution in [1.82, 2.24) is 9.97 Å². The van der Waals surface area contributed by atoms with E-state index < -0.39 is 0 Å². The number of aliphatic hydroxyl groups is 1. The van der Waals surface area contributed by atoms with Crippen molar-refractivity contribution in [2.75, 3.05) is 30.8 Å². The lowest BCUT2D eigenvalue weighted by Crippen LogP contribution is -2.08. The third kappa shape index (κ3) is 3.48. The molecule has 1 rings (SSSR count). The molecule has 0 bridgehead atoms. The van der Waals surface area contributed by atoms with Crippen molar-refractivity contribution in [2.24, 2.45) is 0 Å². The minimum atomic E-state index is 0.135. The molecular weight excluding hydrogens is 283 g/mol. The summed E-state index contributed by atoms with van der Waals surface area (Å²) in [6.07, 6.45) is 0.646. The van der Waals surface area contributed by atoms with Gasteiger partial charge >= 0.3 is 0 Å². The van der Waals surface area contributed by atoms with Gasteiger partial charge in [0.15, 0.2) is 11.6 Å². The molecule has 0 fully saturated rings. The molecule has 0 spiro atoms. The molecule has 0 atom stereocenters. The lowest BCUT2D eigenvalue weighted by molar-refractivity contribution is 0.292. The molecule has 0 aromatic carbocycles. The van der Waals surface area contributed by atoms with E-state index in [1.165, 1.54) is 0 Å². The van der Waals surface area contributed by atoms with Crippen molar-refractivity contribution >= 4 is 39.2 Å². The molecule has 0 amide bonds. The van der Waals surface area contributed by atoms with Gasteiger partial charge in [-0.2, -0.15) is 0 Å². The van der Waals surface area contributed by atoms with E-state index >= 15 is 0 Å². The van der Waals surface area contributed by atoms with Crippen molar-refractivity contribution in [3.05, 3.63) is 9.76 Å². The molecule has 1 aromatic heterocycles. The van der Waals surface area contributed by atoms with Crippen LogP contribution < -0.4 is 10.6 Å². The quantitative estimate of drug-likeness (QED) is 0.570. The Kier molecular flexibility index (Phi) is 5.07. The van der Waals surface area contributed by atoms with Gasteiger partial charge in [0.1, 0.15) is 5.02 Å². The number of rotatable bonds is 5. The molecule has 3 N–H and O–H groups in total. The summed E-state index contributed by atoms with van der Waals surface area (Å²) in [6, 6.07) is 0. The predicted octanol–water partition coefficient (Wildman–Crippen LogP) is 1.73. The van der Waals surface area contributed by atoms with Crippen LogP contribution in [0.1, 0.15) is 6.42 Å². The summed E-state index contributed by atoms with van der Waals surface area (Å²) < 4.78 is 0.461. The summed E-state index contributed by atoms with van der Waals surface area (Å²) >= 11 is 9.21. The van der Waals surface area contributed by atoms with E-state index in [1.54, 1.807) is 7.05 Å². The Hall–Kier alpha value is -0.590. The fourth-order valence-corrected chi connectivity index (χ4v) is 1.59. The van der Waals surface area contributed by atoms with E-state index in [4.69, 9.17) is 16.7 Å². The number of aliphatic hydroxyl groups excluding tert-OH is 1. The first-order chi connectivity index (χ1) is 7.19. The molecule has 0 saturated carbocycles. The van der Waals surface area contributed by atoms with Gasteiger partial charge in [-0.15, -0.1) is 0 Å². The Bertz CT molecular complexity index is 337. The van der Waals surface area contributed by atoms with Crippen LogP contribution in [0, 0.1) is 0 Å². The number of anilines is 2. The fraction of sp³-hybridized carbons (Fsp3) is 0.500. The summed E-state index contributed by atoms with van der Waals surface area (Å²) in [5, 5.41) is 15.0. The number of aromatic nitrogens is 2. The standard InChI is InChI=1S/C8H12BrClN4O/c1-11-6-5(10)7(12-3-2-4-15)14-8(9)13-6/h15H,2-4H2,1H3,(H2,11,12,13,14). The van der Waals surface area contributed by atoms with E-state index in [0.29, 0.717) is 34.4 Å². The van der Waals surface area contributed by atoms with Gasteiger partial charge in [0.05, 0.1) is 0 Å². The zero-order valence-corrected chi connectivity index (χ0v) is 10.6. The van der Waals surface area contributed by atoms with Crippen molar-refractivity contribution in [3.8, 4) is 0 Å². The highest BCUT2D eigenvalue weighted by atomic mass is 79.9. The molecular formula is C8H12BrClN4O. The van der Waals surface area contributed by atoms with Crippen molar-refractivity contribution < 1.29 is 5.11 Å². The van der Waals surface area contributed by atoms with Gasteiger partial charge in [-0.3, -0.25) is 0 Å². The highest BCUT2D eigenvalue weighted by Gasteiger charge is 2.09. The lowest BCUT2D eigenvalue weighted by Gasteiger charge is -2.09. The molecule has 5 nitrogen and oxygen atoms in total. The van der Waals surface area contributed by atoms with Gasteiger partial charge < -0.3 is 15.7 Å². The van der Waals surface area contributed by atoms with Gasteiger partial charge in [0.25, 0.3) is 0 Å². The summed E-state index contributed by atoms with van der Waals surface area (Å²) in [5.74, 6) is 1.11. The maximum absolute atomic E-state index is 8.64. The van der Waals surface area contributed by atoms with Crippen molar-refractivity contribution in [3.63, 3.8) is 0 Å². The van der Waals surface area contributed by atoms with Crippen LogP contribution >= 0.6 is 27.5 Å². The molecule has 0 aliphatic carbocycles. The van der Waals surface area contributed by atoms with Gasteiger partial charge in [0, 0.05) is 20.2 Å². The van der Waals surface area contributed by atoms with Gasteiger partial charge in [-0.1, -0.05) is 11.6 Å². The molecule has 0 aliphatic rings. The monoisotopic (exact) mass is 294 g/mol. The van der Waals surface area contributed by atoms with E-state index in [-0.39, 0.29) is 6.61 Å². The highest BCUT2D eigenvalue weighted by Crippen LogP contribution is 2.27. The largest absolute Gasteiger partial charge is 0.396 e. The minimum Gasteiger partial charge on any atom is -0.396 e. The zero-order chi connectivity index (χ0) is 11.3. The van der Waals surface area contributed by atoms with Crippen LogP contribution in [0.15, 0.2) is 4.73 Å². The molecule has 1 heterocycles. The number of hydrogen-bond donors (Lipinski definition) is 3. The van der Waals surface area contributed by atoms with Crippen LogP contribution in [-0.4, -0.2) is 35.3 Å². The first-order valence-electron chi connectivity index (χ1n) is 4.44. The molecule has 84 valence electrons. The Balaban J connectivity index is 2.81. The molecule has 0 radical (unpaired) electrons. The van der Waals surface area contributed by atoms with Crippen LogP contribution in [0.5, 0.6) is 0 Å². The van der Waals surface area contributed by atoms with Gasteiger partial charge in [0.2, 0.25) is 4.73 Å². The van der Waals surface area contributed by atoms with Gasteiger partial charge in [-0.25, -0.2) is 9.97 Å². The maximum atomic E-state index is 8.64. The first kappa shape index (κ1) is 12.5. The molecule has 0 unspecified atom stereocenters. The summed E-state index contributed by atoms with van der Waals surface area (Å²) in [5.41, 5.74) is 0. The summed E-state index contributed by atoms with van der Waals surface area (Å²) in [7, 11) is 1.73. The molecule has 7 heteroatoms. The Labute approximate surface area is 101 Å². The van der Waals surface area contributed by atoms with Crippen LogP contribution in [0.4, 0.5) is 11.6 Å². The predicted molar refractivity (Wildman–Crippen MR) is 64.5 cm³/mol. The molecule has 0 aliphatic heterocycles. The number of nitrogens with zero attached hydrogens (tertiary/aromatic N) is 2. The topological polar surface area (TPSA) is 70.1 Å². The average Bonchev–Trinajstić information content (AvgIpc) is 2.23. The highest BCUT2D eigenvalue weighted by molar-refractivity contribution is 9.10. The summed E-state index contributed by atoms with van der Waals surface area (Å²) in [4.78, 5) is 8.15. The maximum Gasteiger partial charge on any atom is 0.200 e. The second-order valence-corrected chi connectivity index (χ2v) is 3.85. The van der Waals surface area contributed by atoms with Gasteiger partial charge in [-0.05, 0) is 22.4 Å². The molecule has 15 heavy (non-hydrogen) atoms. The SMILES string of the molecule is CNc1nc(Br)nc(NCCCO)c1Cl. The van der Waals surface area contributed by atoms with E-state index in [0.717, 1.165) is 0 Å². The van der Waals surface area contributed by atoms with E-state index in [2.05, 4.69) is 36.5 Å². The smallest absolute Gasteiger partial charge is 0.200 e. The zero-order valence-electron chi connectivity index (χ0n) is 8.22. The van der Waals surface area contributed by atoms with Crippen LogP contribution in [-0.2, 0) is 0 Å². The number of hydrogen-bond acceptors (Lipinski definition) is 5.